The van der Waals surface area contributed by atoms with Crippen LogP contribution in [0.25, 0.3) is 0 Å². The molecule has 0 amide bonds. The summed E-state index contributed by atoms with van der Waals surface area (Å²) in [6.45, 7) is 0. The minimum atomic E-state index is -0.446. The average molecular weight is 76.0 g/mol. The molecule has 0 heterocycles. The van der Waals surface area contributed by atoms with Gasteiger partial charge >= 0.3 is 23.4 Å². The zero-order valence-electron chi connectivity index (χ0n) is 1.80. The van der Waals surface area contributed by atoms with Crippen LogP contribution in [0.5, 0.6) is 0 Å². The summed E-state index contributed by atoms with van der Waals surface area (Å²) in [5.41, 5.74) is 0. The fraction of sp³-hybridized carbons (Fsp3) is 0. The van der Waals surface area contributed by atoms with E-state index in [0.717, 1.165) is 0 Å². The molecule has 4 heavy (non-hydrogen) atoms. The van der Waals surface area contributed by atoms with Crippen LogP contribution in [-0.4, -0.2) is 5.11 Å². The second-order valence-corrected chi connectivity index (χ2v) is 0.574. The topological polar surface area (TPSA) is 37.3 Å². The molecule has 0 aromatic heterocycles. The molecular formula is CHO2P. The van der Waals surface area contributed by atoms with Gasteiger partial charge < -0.3 is 0 Å². The van der Waals surface area contributed by atoms with Gasteiger partial charge in [-0.15, -0.1) is 0 Å². The Morgan fingerprint density at radius 2 is 2.25 bits per heavy atom. The molecule has 0 aromatic carbocycles. The van der Waals surface area contributed by atoms with E-state index in [1.165, 1.54) is 5.81 Å². The van der Waals surface area contributed by atoms with E-state index in [9.17, 15) is 0 Å². The van der Waals surface area contributed by atoms with Crippen molar-refractivity contribution < 1.29 is 9.67 Å². The summed E-state index contributed by atoms with van der Waals surface area (Å²) in [6, 6.07) is 0. The van der Waals surface area contributed by atoms with Crippen molar-refractivity contribution in [3.05, 3.63) is 0 Å². The zero-order chi connectivity index (χ0) is 3.41. The van der Waals surface area contributed by atoms with Crippen LogP contribution in [0.1, 0.15) is 0 Å². The third-order valence-corrected chi connectivity index (χ3v) is 0.122. The molecule has 0 rings (SSSR count). The molecule has 0 saturated heterocycles. The van der Waals surface area contributed by atoms with E-state index in [0.29, 0.717) is 0 Å². The standard InChI is InChI=1S/CHO2P/c2-1-4-3/h2H. The van der Waals surface area contributed by atoms with Crippen molar-refractivity contribution in [3.63, 3.8) is 0 Å². The second kappa shape index (κ2) is 2.97. The predicted octanol–water partition coefficient (Wildman–Crippen LogP) is 0.567. The Kier molecular flexibility index (Phi) is 2.95. The Hall–Kier alpha value is -0.0300. The van der Waals surface area contributed by atoms with Crippen molar-refractivity contribution in [3.8, 4) is 5.81 Å². The van der Waals surface area contributed by atoms with Crippen molar-refractivity contribution in [2.24, 2.45) is 0 Å². The quantitative estimate of drug-likeness (QED) is 0.428. The van der Waals surface area contributed by atoms with E-state index in [1.54, 1.807) is 0 Å². The summed E-state index contributed by atoms with van der Waals surface area (Å²) in [7, 11) is -0.446. The van der Waals surface area contributed by atoms with Crippen LogP contribution in [0.4, 0.5) is 0 Å². The Morgan fingerprint density at radius 1 is 2.00 bits per heavy atom. The first-order valence-electron chi connectivity index (χ1n) is 0.630. The van der Waals surface area contributed by atoms with Gasteiger partial charge in [-0.05, 0) is 0 Å². The molecule has 0 saturated carbocycles. The van der Waals surface area contributed by atoms with Gasteiger partial charge in [-0.2, -0.15) is 0 Å². The monoisotopic (exact) mass is 76.0 g/mol. The van der Waals surface area contributed by atoms with Gasteiger partial charge in [-0.1, -0.05) is 0 Å². The molecule has 0 spiro atoms. The molecule has 0 aliphatic rings. The van der Waals surface area contributed by atoms with E-state index in [2.05, 4.69) is 0 Å². The molecular weight excluding hydrogens is 75.0 g/mol. The van der Waals surface area contributed by atoms with E-state index in [-0.39, 0.29) is 0 Å². The molecule has 0 radical (unpaired) electrons. The Labute approximate surface area is 24.6 Å². The maximum atomic E-state index is 8.91. The van der Waals surface area contributed by atoms with Crippen LogP contribution in [0.15, 0.2) is 0 Å². The first-order chi connectivity index (χ1) is 1.91. The average Bonchev–Trinajstić information content (AvgIpc) is 1.37. The molecule has 0 bridgehead atoms. The Morgan fingerprint density at radius 3 is 2.25 bits per heavy atom. The van der Waals surface area contributed by atoms with E-state index >= 15 is 0 Å². The second-order valence-electron chi connectivity index (χ2n) is 0.191. The van der Waals surface area contributed by atoms with Crippen LogP contribution >= 0.6 is 7.92 Å². The molecule has 0 atom stereocenters. The normalized spacial score (nSPS) is 4.25. The molecule has 3 heteroatoms. The third-order valence-electron chi connectivity index (χ3n) is 0.0408. The van der Waals surface area contributed by atoms with E-state index in [1.807, 2.05) is 0 Å². The van der Waals surface area contributed by atoms with Gasteiger partial charge in [-0.25, -0.2) is 0 Å². The maximum absolute atomic E-state index is 8.91. The fourth-order valence-electron chi connectivity index (χ4n) is 0. The molecule has 0 aliphatic heterocycles. The van der Waals surface area contributed by atoms with Gasteiger partial charge in [-0.3, -0.25) is 0 Å². The van der Waals surface area contributed by atoms with Gasteiger partial charge in [0.1, 0.15) is 0 Å². The number of hydrogen-bond donors (Lipinski definition) is 1. The van der Waals surface area contributed by atoms with Crippen molar-refractivity contribution in [1.82, 2.24) is 0 Å². The molecule has 2 nitrogen and oxygen atoms in total. The fourth-order valence-corrected chi connectivity index (χ4v) is 0. The van der Waals surface area contributed by atoms with E-state index in [4.69, 9.17) is 9.67 Å². The van der Waals surface area contributed by atoms with Gasteiger partial charge in [0.2, 0.25) is 0 Å². The van der Waals surface area contributed by atoms with Crippen LogP contribution in [0, 0.1) is 5.81 Å². The molecule has 0 unspecified atom stereocenters. The zero-order valence-corrected chi connectivity index (χ0v) is 2.70. The number of hydrogen-bond acceptors (Lipinski definition) is 2. The number of aliphatic hydroxyl groups is 1. The van der Waals surface area contributed by atoms with Crippen LogP contribution in [-0.2, 0) is 4.57 Å². The summed E-state index contributed by atoms with van der Waals surface area (Å²) >= 11 is 0. The van der Waals surface area contributed by atoms with Crippen molar-refractivity contribution >= 4 is 7.92 Å². The van der Waals surface area contributed by atoms with Gasteiger partial charge in [0, 0.05) is 0 Å². The Balaban J connectivity index is 3.53. The summed E-state index contributed by atoms with van der Waals surface area (Å²) in [5, 5.41) is 7.30. The van der Waals surface area contributed by atoms with Crippen LogP contribution in [0.2, 0.25) is 0 Å². The Bertz CT molecular complexity index is 77.2. The number of aliphatic hydroxyl groups excluding tert-OH is 1. The molecule has 22 valence electrons. The molecule has 0 aliphatic carbocycles. The molecule has 1 N–H and O–H groups in total. The number of rotatable bonds is 0. The molecule has 0 aromatic rings. The van der Waals surface area contributed by atoms with Gasteiger partial charge in [0.15, 0.2) is 0 Å². The van der Waals surface area contributed by atoms with E-state index < -0.39 is 7.92 Å². The van der Waals surface area contributed by atoms with Gasteiger partial charge in [0.25, 0.3) is 0 Å². The van der Waals surface area contributed by atoms with Crippen molar-refractivity contribution in [2.45, 2.75) is 0 Å². The van der Waals surface area contributed by atoms with Crippen molar-refractivity contribution in [1.29, 1.82) is 0 Å². The summed E-state index contributed by atoms with van der Waals surface area (Å²) < 4.78 is 8.91. The van der Waals surface area contributed by atoms with Crippen molar-refractivity contribution in [2.75, 3.05) is 0 Å². The van der Waals surface area contributed by atoms with Crippen LogP contribution < -0.4 is 0 Å². The third kappa shape index (κ3) is 1.97. The predicted molar refractivity (Wildman–Crippen MR) is 13.4 cm³/mol. The summed E-state index contributed by atoms with van der Waals surface area (Å²) in [5.74, 6) is 1.35. The first-order valence-corrected chi connectivity index (χ1v) is 1.44. The minimum absolute atomic E-state index is 0.446. The SMILES string of the molecule is O=P#CO. The molecule has 0 fully saturated rings. The van der Waals surface area contributed by atoms with Gasteiger partial charge in [0.05, 0.1) is 0 Å². The van der Waals surface area contributed by atoms with Crippen LogP contribution in [0.3, 0.4) is 0 Å². The first kappa shape index (κ1) is 3.97. The summed E-state index contributed by atoms with van der Waals surface area (Å²) in [4.78, 5) is 0. The summed E-state index contributed by atoms with van der Waals surface area (Å²) in [6.07, 6.45) is 0.